The molecule has 1 unspecified atom stereocenters. The second-order valence-electron chi connectivity index (χ2n) is 13.8. The smallest absolute Gasteiger partial charge is 0.192 e. The van der Waals surface area contributed by atoms with Crippen molar-refractivity contribution in [2.75, 3.05) is 0 Å². The zero-order valence-corrected chi connectivity index (χ0v) is 25.3. The van der Waals surface area contributed by atoms with Crippen molar-refractivity contribution in [3.05, 3.63) is 69.8 Å². The van der Waals surface area contributed by atoms with Crippen LogP contribution < -0.4 is 0 Å². The van der Waals surface area contributed by atoms with E-state index < -0.39 is 14.4 Å². The van der Waals surface area contributed by atoms with Gasteiger partial charge in [0.1, 0.15) is 11.9 Å². The van der Waals surface area contributed by atoms with E-state index in [2.05, 4.69) is 67.6 Å². The van der Waals surface area contributed by atoms with Gasteiger partial charge in [-0.2, -0.15) is 0 Å². The Morgan fingerprint density at radius 2 is 1.78 bits per heavy atom. The van der Waals surface area contributed by atoms with Crippen LogP contribution in [0.1, 0.15) is 126 Å². The molecule has 0 aliphatic heterocycles. The molecule has 2 atom stereocenters. The Balaban J connectivity index is 2.02. The Morgan fingerprint density at radius 1 is 1.14 bits per heavy atom. The van der Waals surface area contributed by atoms with Crippen LogP contribution in [0.25, 0.3) is 5.57 Å². The van der Waals surface area contributed by atoms with Crippen molar-refractivity contribution in [2.45, 2.75) is 117 Å². The Labute approximate surface area is 224 Å². The minimum absolute atomic E-state index is 0.0657. The molecule has 1 heterocycles. The van der Waals surface area contributed by atoms with Gasteiger partial charge in [-0.1, -0.05) is 66.7 Å². The Morgan fingerprint density at radius 3 is 2.32 bits per heavy atom. The van der Waals surface area contributed by atoms with Crippen LogP contribution >= 0.6 is 0 Å². The highest BCUT2D eigenvalue weighted by Gasteiger charge is 2.45. The number of fused-ring (bicyclic) bond motifs is 1. The molecule has 2 aliphatic carbocycles. The van der Waals surface area contributed by atoms with Gasteiger partial charge in [-0.15, -0.1) is 0 Å². The van der Waals surface area contributed by atoms with E-state index >= 15 is 0 Å². The summed E-state index contributed by atoms with van der Waals surface area (Å²) in [5, 5.41) is 12.0. The van der Waals surface area contributed by atoms with E-state index in [1.807, 2.05) is 0 Å². The predicted octanol–water partition coefficient (Wildman–Crippen LogP) is 9.03. The maximum atomic E-state index is 13.8. The van der Waals surface area contributed by atoms with Gasteiger partial charge in [0.05, 0.1) is 6.10 Å². The third-order valence-corrected chi connectivity index (χ3v) is 13.2. The van der Waals surface area contributed by atoms with Gasteiger partial charge >= 0.3 is 0 Å². The third-order valence-electron chi connectivity index (χ3n) is 8.70. The van der Waals surface area contributed by atoms with E-state index in [0.717, 1.165) is 54.6 Å². The van der Waals surface area contributed by atoms with E-state index in [9.17, 15) is 9.50 Å². The molecule has 0 spiro atoms. The standard InChI is InChI=1S/C32H46FNO2Si/c1-20(2)29-28(30(35)22-14-16-23(33)17-15-22)26(21-12-10-11-13-21)27-24(34-29)18-32(6,7)19-25(27)36-37(8,9)31(3,4)5/h12,14-17,20,25,30,35H,10-11,13,18-19H2,1-9H3/t25-,30?/m1/s1. The van der Waals surface area contributed by atoms with Gasteiger partial charge in [0.15, 0.2) is 8.32 Å². The molecule has 0 amide bonds. The van der Waals surface area contributed by atoms with Crippen molar-refractivity contribution in [2.24, 2.45) is 5.41 Å². The van der Waals surface area contributed by atoms with Crippen molar-refractivity contribution in [1.82, 2.24) is 4.98 Å². The number of halogens is 1. The average Bonchev–Trinajstić information content (AvgIpc) is 3.30. The highest BCUT2D eigenvalue weighted by molar-refractivity contribution is 6.74. The van der Waals surface area contributed by atoms with E-state index in [1.165, 1.54) is 23.3 Å². The zero-order valence-electron chi connectivity index (χ0n) is 24.3. The first kappa shape index (κ1) is 28.2. The first-order valence-corrected chi connectivity index (χ1v) is 16.9. The molecule has 2 aromatic rings. The SMILES string of the molecule is CC(C)c1nc2c(c(C3=CCCC3)c1C(O)c1ccc(F)cc1)[C@H](O[Si](C)(C)C(C)(C)C)CC(C)(C)C2. The van der Waals surface area contributed by atoms with Gasteiger partial charge in [-0.25, -0.2) is 4.39 Å². The first-order chi connectivity index (χ1) is 17.1. The molecule has 2 aliphatic rings. The summed E-state index contributed by atoms with van der Waals surface area (Å²) in [6, 6.07) is 6.26. The number of benzene rings is 1. The van der Waals surface area contributed by atoms with Crippen LogP contribution in [0, 0.1) is 11.2 Å². The number of nitrogens with zero attached hydrogens (tertiary/aromatic N) is 1. The molecule has 4 rings (SSSR count). The van der Waals surface area contributed by atoms with Crippen LogP contribution in [0.5, 0.6) is 0 Å². The number of aromatic nitrogens is 1. The van der Waals surface area contributed by atoms with Crippen LogP contribution in [0.4, 0.5) is 4.39 Å². The van der Waals surface area contributed by atoms with Crippen molar-refractivity contribution in [3.8, 4) is 0 Å². The van der Waals surface area contributed by atoms with Crippen LogP contribution in [0.2, 0.25) is 18.1 Å². The molecule has 1 aromatic carbocycles. The summed E-state index contributed by atoms with van der Waals surface area (Å²) in [6.45, 7) is 20.5. The molecule has 0 saturated carbocycles. The minimum atomic E-state index is -2.09. The average molecular weight is 524 g/mol. The topological polar surface area (TPSA) is 42.4 Å². The molecule has 37 heavy (non-hydrogen) atoms. The summed E-state index contributed by atoms with van der Waals surface area (Å²) in [4.78, 5) is 5.32. The fraction of sp³-hybridized carbons (Fsp3) is 0.594. The lowest BCUT2D eigenvalue weighted by molar-refractivity contribution is 0.105. The van der Waals surface area contributed by atoms with Gasteiger partial charge < -0.3 is 9.53 Å². The molecule has 1 N–H and O–H groups in total. The highest BCUT2D eigenvalue weighted by Crippen LogP contribution is 2.52. The normalized spacial score (nSPS) is 20.6. The lowest BCUT2D eigenvalue weighted by atomic mass is 9.71. The summed E-state index contributed by atoms with van der Waals surface area (Å²) in [6.07, 6.45) is 6.40. The lowest BCUT2D eigenvalue weighted by Gasteiger charge is -2.45. The van der Waals surface area contributed by atoms with Crippen LogP contribution in [0.15, 0.2) is 30.3 Å². The summed E-state index contributed by atoms with van der Waals surface area (Å²) in [5.74, 6) is -0.159. The number of pyridine rings is 1. The van der Waals surface area contributed by atoms with E-state index in [4.69, 9.17) is 9.41 Å². The summed E-state index contributed by atoms with van der Waals surface area (Å²) in [7, 11) is -2.09. The number of allylic oxidation sites excluding steroid dienone is 2. The Kier molecular flexibility index (Phi) is 7.66. The fourth-order valence-electron chi connectivity index (χ4n) is 5.70. The first-order valence-electron chi connectivity index (χ1n) is 14.0. The zero-order chi connectivity index (χ0) is 27.3. The highest BCUT2D eigenvalue weighted by atomic mass is 28.4. The van der Waals surface area contributed by atoms with Gasteiger partial charge in [0, 0.05) is 22.5 Å². The minimum Gasteiger partial charge on any atom is -0.410 e. The Bertz CT molecular complexity index is 1170. The van der Waals surface area contributed by atoms with E-state index in [-0.39, 0.29) is 28.3 Å². The molecular formula is C32H46FNO2Si. The van der Waals surface area contributed by atoms with Gasteiger partial charge in [0.25, 0.3) is 0 Å². The van der Waals surface area contributed by atoms with E-state index in [1.54, 1.807) is 12.1 Å². The monoisotopic (exact) mass is 523 g/mol. The Hall–Kier alpha value is -1.82. The maximum Gasteiger partial charge on any atom is 0.192 e. The van der Waals surface area contributed by atoms with Crippen molar-refractivity contribution >= 4 is 13.9 Å². The second kappa shape index (κ2) is 10.1. The van der Waals surface area contributed by atoms with Crippen LogP contribution in [-0.2, 0) is 10.8 Å². The lowest BCUT2D eigenvalue weighted by Crippen LogP contribution is -2.44. The van der Waals surface area contributed by atoms with Gasteiger partial charge in [0.2, 0.25) is 0 Å². The van der Waals surface area contributed by atoms with Gasteiger partial charge in [-0.05, 0) is 90.4 Å². The molecule has 0 radical (unpaired) electrons. The molecule has 202 valence electrons. The third kappa shape index (κ3) is 5.64. The molecule has 0 saturated heterocycles. The largest absolute Gasteiger partial charge is 0.410 e. The van der Waals surface area contributed by atoms with Crippen molar-refractivity contribution in [1.29, 1.82) is 0 Å². The molecule has 0 bridgehead atoms. The summed E-state index contributed by atoms with van der Waals surface area (Å²) >= 11 is 0. The summed E-state index contributed by atoms with van der Waals surface area (Å²) in [5.41, 5.74) is 7.38. The number of rotatable bonds is 6. The molecule has 1 aromatic heterocycles. The van der Waals surface area contributed by atoms with Crippen molar-refractivity contribution < 1.29 is 13.9 Å². The van der Waals surface area contributed by atoms with Gasteiger partial charge in [-0.3, -0.25) is 4.98 Å². The number of hydrogen-bond donors (Lipinski definition) is 1. The molecule has 3 nitrogen and oxygen atoms in total. The van der Waals surface area contributed by atoms with Crippen LogP contribution in [0.3, 0.4) is 0 Å². The number of hydrogen-bond acceptors (Lipinski definition) is 3. The van der Waals surface area contributed by atoms with Crippen LogP contribution in [-0.4, -0.2) is 18.4 Å². The molecular weight excluding hydrogens is 477 g/mol. The molecule has 5 heteroatoms. The van der Waals surface area contributed by atoms with Crippen molar-refractivity contribution in [3.63, 3.8) is 0 Å². The second-order valence-corrected chi connectivity index (χ2v) is 18.5. The molecule has 0 fully saturated rings. The predicted molar refractivity (Wildman–Crippen MR) is 154 cm³/mol. The maximum absolute atomic E-state index is 13.8. The quantitative estimate of drug-likeness (QED) is 0.384. The fourth-order valence-corrected chi connectivity index (χ4v) is 6.97. The van der Waals surface area contributed by atoms with E-state index in [0.29, 0.717) is 5.56 Å². The number of aliphatic hydroxyl groups is 1. The number of aliphatic hydroxyl groups excluding tert-OH is 1. The summed E-state index contributed by atoms with van der Waals surface area (Å²) < 4.78 is 21.0.